The number of hydrogen-bond acceptors (Lipinski definition) is 1. The number of methoxy groups -OCH3 is 1. The molecule has 0 aliphatic heterocycles. The van der Waals surface area contributed by atoms with E-state index in [1.54, 1.807) is 7.11 Å². The molecule has 56 valence electrons. The molecular weight excluding hydrogens is 180 g/mol. The molecule has 0 heterocycles. The van der Waals surface area contributed by atoms with Crippen LogP contribution in [0, 0.1) is 0 Å². The lowest BCUT2D eigenvalue weighted by molar-refractivity contribution is 0.192. The van der Waals surface area contributed by atoms with Gasteiger partial charge in [-0.15, -0.1) is 0 Å². The Morgan fingerprint density at radius 3 is 2.56 bits per heavy atom. The van der Waals surface area contributed by atoms with Gasteiger partial charge >= 0.3 is 0 Å². The van der Waals surface area contributed by atoms with Gasteiger partial charge in [0, 0.05) is 18.5 Å². The summed E-state index contributed by atoms with van der Waals surface area (Å²) in [6.45, 7) is 3.08. The molecule has 0 spiro atoms. The Balaban J connectivity index is 2.75. The van der Waals surface area contributed by atoms with Crippen molar-refractivity contribution in [2.45, 2.75) is 31.0 Å². The van der Waals surface area contributed by atoms with Crippen molar-refractivity contribution in [1.82, 2.24) is 0 Å². The van der Waals surface area contributed by atoms with E-state index < -0.39 is 0 Å². The number of ether oxygens (including phenoxy) is 1. The molecule has 0 aliphatic rings. The van der Waals surface area contributed by atoms with Crippen molar-refractivity contribution >= 4 is 15.9 Å². The maximum atomic E-state index is 4.91. The quantitative estimate of drug-likeness (QED) is 0.484. The lowest BCUT2D eigenvalue weighted by Gasteiger charge is -2.00. The van der Waals surface area contributed by atoms with E-state index in [2.05, 4.69) is 22.9 Å². The first-order chi connectivity index (χ1) is 4.27. The third-order valence-corrected chi connectivity index (χ3v) is 1.66. The maximum absolute atomic E-state index is 4.91. The fourth-order valence-electron chi connectivity index (χ4n) is 0.672. The van der Waals surface area contributed by atoms with Gasteiger partial charge in [-0.25, -0.2) is 0 Å². The Labute approximate surface area is 65.9 Å². The second kappa shape index (κ2) is 6.56. The summed E-state index contributed by atoms with van der Waals surface area (Å²) in [4.78, 5) is 0.661. The molecule has 9 heavy (non-hydrogen) atoms. The molecule has 0 aromatic carbocycles. The summed E-state index contributed by atoms with van der Waals surface area (Å²) in [6.07, 6.45) is 3.70. The number of alkyl halides is 1. The summed E-state index contributed by atoms with van der Waals surface area (Å²) in [6, 6.07) is 0. The van der Waals surface area contributed by atoms with E-state index in [0.29, 0.717) is 4.83 Å². The molecule has 0 rings (SSSR count). The molecule has 0 N–H and O–H groups in total. The minimum Gasteiger partial charge on any atom is -0.385 e. The monoisotopic (exact) mass is 194 g/mol. The van der Waals surface area contributed by atoms with Crippen LogP contribution in [0.4, 0.5) is 0 Å². The van der Waals surface area contributed by atoms with E-state index in [-0.39, 0.29) is 0 Å². The molecule has 0 saturated heterocycles. The van der Waals surface area contributed by atoms with Gasteiger partial charge in [-0.1, -0.05) is 29.3 Å². The summed E-state index contributed by atoms with van der Waals surface area (Å²) in [5.41, 5.74) is 0. The van der Waals surface area contributed by atoms with Gasteiger partial charge in [0.1, 0.15) is 0 Å². The van der Waals surface area contributed by atoms with Crippen LogP contribution >= 0.6 is 15.9 Å². The van der Waals surface area contributed by atoms with Gasteiger partial charge in [-0.3, -0.25) is 0 Å². The predicted octanol–water partition coefficient (Wildman–Crippen LogP) is 2.59. The molecule has 0 bridgehead atoms. The smallest absolute Gasteiger partial charge is 0.0462 e. The highest BCUT2D eigenvalue weighted by Crippen LogP contribution is 2.07. The molecule has 1 nitrogen and oxygen atoms in total. The second-order valence-electron chi connectivity index (χ2n) is 2.27. The van der Waals surface area contributed by atoms with E-state index >= 15 is 0 Å². The summed E-state index contributed by atoms with van der Waals surface area (Å²) >= 11 is 3.49. The lowest BCUT2D eigenvalue weighted by Crippen LogP contribution is -1.93. The van der Waals surface area contributed by atoms with Crippen LogP contribution in [0.2, 0.25) is 0 Å². The lowest BCUT2D eigenvalue weighted by atomic mass is 10.2. The Morgan fingerprint density at radius 1 is 1.44 bits per heavy atom. The topological polar surface area (TPSA) is 9.23 Å². The second-order valence-corrected chi connectivity index (χ2v) is 3.83. The number of halogens is 1. The SMILES string of the molecule is COCCCCC(C)Br. The van der Waals surface area contributed by atoms with E-state index in [0.717, 1.165) is 6.61 Å². The van der Waals surface area contributed by atoms with Crippen LogP contribution in [-0.2, 0) is 4.74 Å². The van der Waals surface area contributed by atoms with Crippen LogP contribution in [0.25, 0.3) is 0 Å². The van der Waals surface area contributed by atoms with Gasteiger partial charge < -0.3 is 4.74 Å². The first kappa shape index (κ1) is 9.44. The first-order valence-corrected chi connectivity index (χ1v) is 4.32. The van der Waals surface area contributed by atoms with Crippen LogP contribution in [-0.4, -0.2) is 18.5 Å². The molecule has 0 saturated carbocycles. The van der Waals surface area contributed by atoms with Gasteiger partial charge in [0.2, 0.25) is 0 Å². The standard InChI is InChI=1S/C7H15BrO/c1-7(8)5-3-4-6-9-2/h7H,3-6H2,1-2H3. The predicted molar refractivity (Wildman–Crippen MR) is 44.1 cm³/mol. The van der Waals surface area contributed by atoms with Crippen molar-refractivity contribution in [1.29, 1.82) is 0 Å². The fraction of sp³-hybridized carbons (Fsp3) is 1.00. The van der Waals surface area contributed by atoms with Gasteiger partial charge in [0.25, 0.3) is 0 Å². The van der Waals surface area contributed by atoms with Crippen LogP contribution in [0.15, 0.2) is 0 Å². The van der Waals surface area contributed by atoms with Gasteiger partial charge in [-0.05, 0) is 12.8 Å². The fourth-order valence-corrected chi connectivity index (χ4v) is 0.996. The Bertz CT molecular complexity index is 54.9. The van der Waals surface area contributed by atoms with E-state index in [9.17, 15) is 0 Å². The van der Waals surface area contributed by atoms with E-state index in [1.165, 1.54) is 19.3 Å². The average Bonchev–Trinajstić information content (AvgIpc) is 1.80. The number of rotatable bonds is 5. The molecule has 0 fully saturated rings. The minimum atomic E-state index is 0.661. The van der Waals surface area contributed by atoms with Crippen molar-refractivity contribution in [2.75, 3.05) is 13.7 Å². The number of hydrogen-bond donors (Lipinski definition) is 0. The zero-order valence-electron chi connectivity index (χ0n) is 6.19. The first-order valence-electron chi connectivity index (χ1n) is 3.40. The molecule has 1 unspecified atom stereocenters. The molecule has 1 atom stereocenters. The highest BCUT2D eigenvalue weighted by Gasteiger charge is 1.93. The third-order valence-electron chi connectivity index (χ3n) is 1.20. The Hall–Kier alpha value is 0.440. The summed E-state index contributed by atoms with van der Waals surface area (Å²) < 4.78 is 4.91. The van der Waals surface area contributed by atoms with Crippen molar-refractivity contribution in [3.63, 3.8) is 0 Å². The molecule has 0 aromatic rings. The Morgan fingerprint density at radius 2 is 2.11 bits per heavy atom. The van der Waals surface area contributed by atoms with E-state index in [1.807, 2.05) is 0 Å². The molecule has 0 aliphatic carbocycles. The highest BCUT2D eigenvalue weighted by molar-refractivity contribution is 9.09. The van der Waals surface area contributed by atoms with Gasteiger partial charge in [-0.2, -0.15) is 0 Å². The van der Waals surface area contributed by atoms with Crippen LogP contribution in [0.1, 0.15) is 26.2 Å². The average molecular weight is 195 g/mol. The van der Waals surface area contributed by atoms with Crippen molar-refractivity contribution in [3.8, 4) is 0 Å². The minimum absolute atomic E-state index is 0.661. The largest absolute Gasteiger partial charge is 0.385 e. The molecule has 0 radical (unpaired) electrons. The molecule has 0 aromatic heterocycles. The molecular formula is C7H15BrO. The zero-order valence-corrected chi connectivity index (χ0v) is 7.78. The van der Waals surface area contributed by atoms with Crippen LogP contribution in [0.5, 0.6) is 0 Å². The zero-order chi connectivity index (χ0) is 7.11. The number of unbranched alkanes of at least 4 members (excludes halogenated alkanes) is 1. The summed E-state index contributed by atoms with van der Waals surface area (Å²) in [5, 5.41) is 0. The van der Waals surface area contributed by atoms with Gasteiger partial charge in [0.15, 0.2) is 0 Å². The third kappa shape index (κ3) is 8.44. The van der Waals surface area contributed by atoms with Crippen LogP contribution < -0.4 is 0 Å². The van der Waals surface area contributed by atoms with E-state index in [4.69, 9.17) is 4.74 Å². The van der Waals surface area contributed by atoms with Crippen molar-refractivity contribution in [3.05, 3.63) is 0 Å². The molecule has 0 amide bonds. The maximum Gasteiger partial charge on any atom is 0.0462 e. The van der Waals surface area contributed by atoms with Crippen molar-refractivity contribution < 1.29 is 4.74 Å². The normalized spacial score (nSPS) is 13.7. The van der Waals surface area contributed by atoms with Crippen molar-refractivity contribution in [2.24, 2.45) is 0 Å². The summed E-state index contributed by atoms with van der Waals surface area (Å²) in [5.74, 6) is 0. The van der Waals surface area contributed by atoms with Gasteiger partial charge in [0.05, 0.1) is 0 Å². The summed E-state index contributed by atoms with van der Waals surface area (Å²) in [7, 11) is 1.75. The Kier molecular flexibility index (Phi) is 6.88. The van der Waals surface area contributed by atoms with Crippen LogP contribution in [0.3, 0.4) is 0 Å². The highest BCUT2D eigenvalue weighted by atomic mass is 79.9. The molecule has 2 heteroatoms.